The summed E-state index contributed by atoms with van der Waals surface area (Å²) in [4.78, 5) is 27.6. The summed E-state index contributed by atoms with van der Waals surface area (Å²) in [5.74, 6) is 0.239. The van der Waals surface area contributed by atoms with E-state index >= 15 is 0 Å². The van der Waals surface area contributed by atoms with Crippen molar-refractivity contribution in [1.82, 2.24) is 25.5 Å². The Morgan fingerprint density at radius 2 is 2.12 bits per heavy atom. The Labute approximate surface area is 205 Å². The number of para-hydroxylation sites is 1. The highest BCUT2D eigenvalue weighted by Gasteiger charge is 2.39. The smallest absolute Gasteiger partial charge is 0.254 e. The van der Waals surface area contributed by atoms with Crippen molar-refractivity contribution in [2.75, 3.05) is 5.32 Å². The fourth-order valence-corrected chi connectivity index (χ4v) is 6.32. The van der Waals surface area contributed by atoms with Crippen LogP contribution in [0.5, 0.6) is 0 Å². The zero-order valence-electron chi connectivity index (χ0n) is 18.9. The lowest BCUT2D eigenvalue weighted by molar-refractivity contribution is -0.116. The average Bonchev–Trinajstić information content (AvgIpc) is 3.46. The van der Waals surface area contributed by atoms with Gasteiger partial charge in [-0.25, -0.2) is 4.68 Å². The predicted molar refractivity (Wildman–Crippen MR) is 132 cm³/mol. The molecule has 3 aromatic rings. The Morgan fingerprint density at radius 1 is 1.29 bits per heavy atom. The molecule has 34 heavy (non-hydrogen) atoms. The maximum atomic E-state index is 13.5. The molecule has 0 bridgehead atoms. The van der Waals surface area contributed by atoms with Gasteiger partial charge in [0.1, 0.15) is 0 Å². The van der Waals surface area contributed by atoms with E-state index in [1.54, 1.807) is 27.8 Å². The first-order valence-corrected chi connectivity index (χ1v) is 12.9. The second kappa shape index (κ2) is 9.55. The molecule has 1 aliphatic carbocycles. The average molecular weight is 493 g/mol. The number of aromatic nitrogens is 4. The van der Waals surface area contributed by atoms with Gasteiger partial charge in [-0.15, -0.1) is 16.4 Å². The van der Waals surface area contributed by atoms with Crippen molar-refractivity contribution < 1.29 is 9.59 Å². The van der Waals surface area contributed by atoms with Crippen LogP contribution >= 0.6 is 23.1 Å². The number of ketones is 1. The summed E-state index contributed by atoms with van der Waals surface area (Å²) >= 11 is 3.14. The summed E-state index contributed by atoms with van der Waals surface area (Å²) < 4.78 is 1.64. The maximum Gasteiger partial charge on any atom is 0.254 e. The number of carbonyl (C=O) groups is 2. The van der Waals surface area contributed by atoms with Gasteiger partial charge in [-0.3, -0.25) is 9.59 Å². The summed E-state index contributed by atoms with van der Waals surface area (Å²) in [5.41, 5.74) is 4.90. The first kappa shape index (κ1) is 22.5. The van der Waals surface area contributed by atoms with Crippen molar-refractivity contribution in [3.8, 4) is 0 Å². The number of aryl methyl sites for hydroxylation is 1. The molecule has 3 heterocycles. The predicted octanol–water partition coefficient (Wildman–Crippen LogP) is 4.17. The number of allylic oxidation sites excluding steroid dienone is 3. The minimum Gasteiger partial charge on any atom is -0.362 e. The summed E-state index contributed by atoms with van der Waals surface area (Å²) in [5, 5.41) is 20.8. The molecule has 0 fully saturated rings. The summed E-state index contributed by atoms with van der Waals surface area (Å²) in [6, 6.07) is 11.5. The highest BCUT2D eigenvalue weighted by Crippen LogP contribution is 2.44. The molecule has 1 atom stereocenters. The second-order valence-electron chi connectivity index (χ2n) is 8.32. The van der Waals surface area contributed by atoms with Crippen molar-refractivity contribution in [3.05, 3.63) is 74.8 Å². The number of thioether (sulfide) groups is 1. The molecule has 174 valence electrons. The number of carbonyl (C=O) groups excluding carboxylic acids is 2. The molecule has 10 heteroatoms. The van der Waals surface area contributed by atoms with Crippen molar-refractivity contribution in [2.45, 2.75) is 43.0 Å². The lowest BCUT2D eigenvalue weighted by atomic mass is 9.77. The number of anilines is 1. The molecule has 1 aromatic carbocycles. The molecule has 8 nitrogen and oxygen atoms in total. The summed E-state index contributed by atoms with van der Waals surface area (Å²) in [6.45, 7) is 1.92. The van der Waals surface area contributed by atoms with Gasteiger partial charge in [-0.1, -0.05) is 30.0 Å². The first-order valence-electron chi connectivity index (χ1n) is 11.0. The van der Waals surface area contributed by atoms with Crippen molar-refractivity contribution in [2.24, 2.45) is 7.05 Å². The van der Waals surface area contributed by atoms with Gasteiger partial charge < -0.3 is 10.6 Å². The number of benzene rings is 1. The highest BCUT2D eigenvalue weighted by molar-refractivity contribution is 7.98. The number of nitrogens with zero attached hydrogens (tertiary/aromatic N) is 4. The molecule has 0 radical (unpaired) electrons. The SMILES string of the molecule is CC1=C(C(=O)Nc2ccccc2)C(c2cc(CSc3nnnn3C)cs2)C2=C(CCCC2=O)N1. The zero-order chi connectivity index (χ0) is 23.7. The quantitative estimate of drug-likeness (QED) is 0.498. The van der Waals surface area contributed by atoms with Gasteiger partial charge in [-0.05, 0) is 59.3 Å². The minimum atomic E-state index is -0.381. The van der Waals surface area contributed by atoms with E-state index in [-0.39, 0.29) is 17.6 Å². The Morgan fingerprint density at radius 3 is 2.88 bits per heavy atom. The number of thiophene rings is 1. The van der Waals surface area contributed by atoms with Crippen LogP contribution in [0.3, 0.4) is 0 Å². The van der Waals surface area contributed by atoms with Crippen LogP contribution < -0.4 is 10.6 Å². The Balaban J connectivity index is 1.48. The fourth-order valence-electron chi connectivity index (χ4n) is 4.40. The van der Waals surface area contributed by atoms with Gasteiger partial charge in [0.25, 0.3) is 5.91 Å². The van der Waals surface area contributed by atoms with Gasteiger partial charge in [-0.2, -0.15) is 0 Å². The number of hydrogen-bond donors (Lipinski definition) is 2. The minimum absolute atomic E-state index is 0.116. The van der Waals surface area contributed by atoms with E-state index in [1.165, 1.54) is 0 Å². The number of hydrogen-bond acceptors (Lipinski definition) is 8. The second-order valence-corrected chi connectivity index (χ2v) is 10.2. The highest BCUT2D eigenvalue weighted by atomic mass is 32.2. The van der Waals surface area contributed by atoms with Crippen LogP contribution in [0, 0.1) is 0 Å². The van der Waals surface area contributed by atoms with Crippen LogP contribution in [-0.4, -0.2) is 31.9 Å². The van der Waals surface area contributed by atoms with Gasteiger partial charge in [0.05, 0.1) is 5.92 Å². The lowest BCUT2D eigenvalue weighted by Crippen LogP contribution is -2.35. The van der Waals surface area contributed by atoms with Crippen molar-refractivity contribution >= 4 is 40.5 Å². The van der Waals surface area contributed by atoms with Gasteiger partial charge >= 0.3 is 0 Å². The zero-order valence-corrected chi connectivity index (χ0v) is 20.5. The van der Waals surface area contributed by atoms with E-state index in [0.29, 0.717) is 17.7 Å². The van der Waals surface area contributed by atoms with Crippen LogP contribution in [0.4, 0.5) is 5.69 Å². The van der Waals surface area contributed by atoms with Gasteiger partial charge in [0.2, 0.25) is 5.16 Å². The molecule has 5 rings (SSSR count). The monoisotopic (exact) mass is 492 g/mol. The normalized spacial score (nSPS) is 18.1. The lowest BCUT2D eigenvalue weighted by Gasteiger charge is -2.33. The fraction of sp³-hybridized carbons (Fsp3) is 0.292. The number of amides is 1. The topological polar surface area (TPSA) is 102 Å². The van der Waals surface area contributed by atoms with Crippen molar-refractivity contribution in [1.29, 1.82) is 0 Å². The molecule has 2 N–H and O–H groups in total. The van der Waals surface area contributed by atoms with E-state index in [1.807, 2.05) is 44.3 Å². The third-order valence-electron chi connectivity index (χ3n) is 5.96. The molecule has 0 saturated heterocycles. The number of rotatable bonds is 6. The van der Waals surface area contributed by atoms with Crippen LogP contribution in [0.2, 0.25) is 0 Å². The number of Topliss-reactive ketones (excluding diaryl/α,β-unsaturated/α-hetero) is 1. The summed E-state index contributed by atoms with van der Waals surface area (Å²) in [6.07, 6.45) is 2.15. The summed E-state index contributed by atoms with van der Waals surface area (Å²) in [7, 11) is 1.81. The Kier molecular flexibility index (Phi) is 6.34. The number of tetrazole rings is 1. The van der Waals surface area contributed by atoms with Crippen LogP contribution in [0.1, 0.15) is 42.5 Å². The molecule has 2 aromatic heterocycles. The van der Waals surface area contributed by atoms with Gasteiger partial charge in [0.15, 0.2) is 5.78 Å². The third-order valence-corrected chi connectivity index (χ3v) is 8.09. The molecule has 0 spiro atoms. The van der Waals surface area contributed by atoms with Crippen LogP contribution in [0.15, 0.2) is 69.5 Å². The van der Waals surface area contributed by atoms with Crippen LogP contribution in [-0.2, 0) is 22.4 Å². The standard InChI is InChI=1S/C24H24N6O2S2/c1-14-20(23(32)26-16-7-4-3-5-8-16)22(21-17(25-14)9-6-10-18(21)31)19-11-15(12-33-19)13-34-24-27-28-29-30(24)2/h3-5,7-8,11-12,22,25H,6,9-10,13H2,1-2H3,(H,26,32). The van der Waals surface area contributed by atoms with E-state index in [9.17, 15) is 9.59 Å². The molecule has 0 saturated carbocycles. The molecule has 2 aliphatic rings. The largest absolute Gasteiger partial charge is 0.362 e. The maximum absolute atomic E-state index is 13.5. The Hall–Kier alpha value is -3.24. The van der Waals surface area contributed by atoms with E-state index < -0.39 is 0 Å². The van der Waals surface area contributed by atoms with Crippen LogP contribution in [0.25, 0.3) is 0 Å². The third kappa shape index (κ3) is 4.43. The van der Waals surface area contributed by atoms with E-state index in [2.05, 4.69) is 37.6 Å². The number of dihydropyridines is 1. The first-order chi connectivity index (χ1) is 16.5. The van der Waals surface area contributed by atoms with Gasteiger partial charge in [0, 0.05) is 52.3 Å². The van der Waals surface area contributed by atoms with E-state index in [0.717, 1.165) is 51.1 Å². The number of nitrogens with one attached hydrogen (secondary N) is 2. The Bertz CT molecular complexity index is 1310. The molecule has 1 unspecified atom stereocenters. The molecular formula is C24H24N6O2S2. The van der Waals surface area contributed by atoms with E-state index in [4.69, 9.17) is 0 Å². The molecule has 1 aliphatic heterocycles. The van der Waals surface area contributed by atoms with Crippen molar-refractivity contribution in [3.63, 3.8) is 0 Å². The molecule has 1 amide bonds. The molecular weight excluding hydrogens is 468 g/mol.